The number of nitriles is 1. The summed E-state index contributed by atoms with van der Waals surface area (Å²) in [6.45, 7) is 3.20. The quantitative estimate of drug-likeness (QED) is 0.249. The van der Waals surface area contributed by atoms with Crippen molar-refractivity contribution in [3.63, 3.8) is 0 Å². The molecule has 0 N–H and O–H groups in total. The molecule has 1 aromatic carbocycles. The standard InChI is InChI=1S/C24H21F3N4O2S/c1-14-9-22(24(25,26)27)29-23(18(14)11-28)34-13-17-10-16(6-8-21(17)33-4)5-7-20(32)19-12-31(3)30-15(19)2/h5-10,12H,13H2,1-4H3/b7-5+. The lowest BCUT2D eigenvalue weighted by Gasteiger charge is -2.13. The zero-order valence-corrected chi connectivity index (χ0v) is 19.7. The van der Waals surface area contributed by atoms with Crippen molar-refractivity contribution >= 4 is 23.6 Å². The van der Waals surface area contributed by atoms with E-state index in [1.54, 1.807) is 49.1 Å². The molecule has 0 spiro atoms. The van der Waals surface area contributed by atoms with Gasteiger partial charge in [0.2, 0.25) is 0 Å². The molecule has 176 valence electrons. The van der Waals surface area contributed by atoms with Crippen LogP contribution in [-0.2, 0) is 19.0 Å². The van der Waals surface area contributed by atoms with Gasteiger partial charge in [-0.2, -0.15) is 23.5 Å². The lowest BCUT2D eigenvalue weighted by molar-refractivity contribution is -0.141. The molecule has 34 heavy (non-hydrogen) atoms. The highest BCUT2D eigenvalue weighted by molar-refractivity contribution is 7.98. The van der Waals surface area contributed by atoms with Gasteiger partial charge in [0.1, 0.15) is 22.5 Å². The Labute approximate surface area is 199 Å². The number of methoxy groups -OCH3 is 1. The number of hydrogen-bond acceptors (Lipinski definition) is 6. The van der Waals surface area contributed by atoms with E-state index in [0.717, 1.165) is 17.8 Å². The first-order chi connectivity index (χ1) is 16.0. The first-order valence-electron chi connectivity index (χ1n) is 10.0. The molecule has 3 rings (SSSR count). The third-order valence-electron chi connectivity index (χ3n) is 4.96. The molecule has 0 fully saturated rings. The van der Waals surface area contributed by atoms with E-state index in [1.807, 2.05) is 6.07 Å². The predicted molar refractivity (Wildman–Crippen MR) is 123 cm³/mol. The molecule has 6 nitrogen and oxygen atoms in total. The average molecular weight is 487 g/mol. The monoisotopic (exact) mass is 486 g/mol. The van der Waals surface area contributed by atoms with Crippen LogP contribution in [0.1, 0.15) is 44.0 Å². The molecule has 10 heteroatoms. The molecular formula is C24H21F3N4O2S. The highest BCUT2D eigenvalue weighted by atomic mass is 32.2. The van der Waals surface area contributed by atoms with Crippen molar-refractivity contribution in [1.29, 1.82) is 5.26 Å². The number of aryl methyl sites for hydroxylation is 3. The molecule has 0 atom stereocenters. The minimum absolute atomic E-state index is 0.0000498. The molecule has 0 aliphatic rings. The number of carbonyl (C=O) groups excluding carboxylic acids is 1. The van der Waals surface area contributed by atoms with Gasteiger partial charge >= 0.3 is 6.18 Å². The maximum Gasteiger partial charge on any atom is 0.433 e. The molecule has 0 saturated carbocycles. The first-order valence-corrected chi connectivity index (χ1v) is 11.0. The molecule has 2 heterocycles. The van der Waals surface area contributed by atoms with Crippen molar-refractivity contribution < 1.29 is 22.7 Å². The summed E-state index contributed by atoms with van der Waals surface area (Å²) < 4.78 is 46.6. The van der Waals surface area contributed by atoms with Crippen LogP contribution in [0.3, 0.4) is 0 Å². The average Bonchev–Trinajstić information content (AvgIpc) is 3.12. The number of hydrogen-bond donors (Lipinski definition) is 0. The second kappa shape index (κ2) is 10.1. The molecule has 0 radical (unpaired) electrons. The fraction of sp³-hybridized carbons (Fsp3) is 0.250. The second-order valence-corrected chi connectivity index (χ2v) is 8.44. The number of alkyl halides is 3. The fourth-order valence-corrected chi connectivity index (χ4v) is 4.33. The van der Waals surface area contributed by atoms with Crippen LogP contribution < -0.4 is 4.74 Å². The largest absolute Gasteiger partial charge is 0.496 e. The Morgan fingerprint density at radius 3 is 2.62 bits per heavy atom. The van der Waals surface area contributed by atoms with Crippen molar-refractivity contribution in [3.8, 4) is 11.8 Å². The smallest absolute Gasteiger partial charge is 0.433 e. The Morgan fingerprint density at radius 1 is 1.29 bits per heavy atom. The Hall–Kier alpha value is -3.58. The van der Waals surface area contributed by atoms with Crippen molar-refractivity contribution in [2.75, 3.05) is 7.11 Å². The number of ether oxygens (including phenoxy) is 1. The van der Waals surface area contributed by atoms with Gasteiger partial charge in [0.05, 0.1) is 23.9 Å². The number of benzene rings is 1. The number of aromatic nitrogens is 3. The van der Waals surface area contributed by atoms with Crippen LogP contribution in [0.15, 0.2) is 41.6 Å². The molecule has 3 aromatic rings. The maximum absolute atomic E-state index is 13.2. The summed E-state index contributed by atoms with van der Waals surface area (Å²) in [7, 11) is 3.22. The van der Waals surface area contributed by atoms with Crippen LogP contribution in [0.4, 0.5) is 13.2 Å². The van der Waals surface area contributed by atoms with E-state index in [1.165, 1.54) is 20.1 Å². The lowest BCUT2D eigenvalue weighted by Crippen LogP contribution is -2.10. The van der Waals surface area contributed by atoms with Crippen LogP contribution in [0.2, 0.25) is 0 Å². The van der Waals surface area contributed by atoms with Gasteiger partial charge in [-0.05, 0) is 49.2 Å². The van der Waals surface area contributed by atoms with Crippen molar-refractivity contribution in [3.05, 3.63) is 75.7 Å². The van der Waals surface area contributed by atoms with E-state index in [4.69, 9.17) is 4.74 Å². The zero-order valence-electron chi connectivity index (χ0n) is 18.9. The minimum Gasteiger partial charge on any atom is -0.496 e. The summed E-state index contributed by atoms with van der Waals surface area (Å²) in [5.41, 5.74) is 1.78. The highest BCUT2D eigenvalue weighted by Gasteiger charge is 2.34. The van der Waals surface area contributed by atoms with Gasteiger partial charge in [-0.25, -0.2) is 4.98 Å². The van der Waals surface area contributed by atoms with E-state index >= 15 is 0 Å². The molecule has 0 aliphatic heterocycles. The number of thioether (sulfide) groups is 1. The summed E-state index contributed by atoms with van der Waals surface area (Å²) in [5, 5.41) is 13.6. The molecule has 0 unspecified atom stereocenters. The van der Waals surface area contributed by atoms with E-state index < -0.39 is 11.9 Å². The second-order valence-electron chi connectivity index (χ2n) is 7.47. The van der Waals surface area contributed by atoms with E-state index in [9.17, 15) is 23.2 Å². The third kappa shape index (κ3) is 5.66. The molecule has 0 saturated heterocycles. The Bertz CT molecular complexity index is 1310. The lowest BCUT2D eigenvalue weighted by atomic mass is 10.1. The number of allylic oxidation sites excluding steroid dienone is 1. The molecule has 0 aliphatic carbocycles. The predicted octanol–water partition coefficient (Wildman–Crippen LogP) is 5.52. The summed E-state index contributed by atoms with van der Waals surface area (Å²) in [4.78, 5) is 16.2. The van der Waals surface area contributed by atoms with Crippen LogP contribution in [0.25, 0.3) is 6.08 Å². The minimum atomic E-state index is -4.62. The fourth-order valence-electron chi connectivity index (χ4n) is 3.29. The third-order valence-corrected chi connectivity index (χ3v) is 5.98. The van der Waals surface area contributed by atoms with E-state index in [2.05, 4.69) is 10.1 Å². The Morgan fingerprint density at radius 2 is 2.03 bits per heavy atom. The number of halogens is 3. The zero-order chi connectivity index (χ0) is 25.0. The molecule has 2 aromatic heterocycles. The number of pyridine rings is 1. The number of carbonyl (C=O) groups is 1. The van der Waals surface area contributed by atoms with Gasteiger partial charge in [-0.3, -0.25) is 9.48 Å². The van der Waals surface area contributed by atoms with Crippen LogP contribution in [-0.4, -0.2) is 27.7 Å². The topological polar surface area (TPSA) is 80.8 Å². The van der Waals surface area contributed by atoms with Crippen molar-refractivity contribution in [1.82, 2.24) is 14.8 Å². The summed E-state index contributed by atoms with van der Waals surface area (Å²) in [5.74, 6) is 0.545. The summed E-state index contributed by atoms with van der Waals surface area (Å²) in [6, 6.07) is 8.06. The molecular weight excluding hydrogens is 465 g/mol. The van der Waals surface area contributed by atoms with Crippen molar-refractivity contribution in [2.24, 2.45) is 7.05 Å². The highest BCUT2D eigenvalue weighted by Crippen LogP contribution is 2.35. The summed E-state index contributed by atoms with van der Waals surface area (Å²) >= 11 is 1.02. The van der Waals surface area contributed by atoms with E-state index in [0.29, 0.717) is 28.1 Å². The molecule has 0 amide bonds. The van der Waals surface area contributed by atoms with Gasteiger partial charge in [0.15, 0.2) is 5.78 Å². The van der Waals surface area contributed by atoms with Crippen LogP contribution in [0, 0.1) is 25.2 Å². The van der Waals surface area contributed by atoms with Crippen molar-refractivity contribution in [2.45, 2.75) is 30.8 Å². The summed E-state index contributed by atoms with van der Waals surface area (Å²) in [6.07, 6.45) is 0.120. The Balaban J connectivity index is 1.86. The Kier molecular flexibility index (Phi) is 7.47. The van der Waals surface area contributed by atoms with Gasteiger partial charge in [0, 0.05) is 24.6 Å². The van der Waals surface area contributed by atoms with Gasteiger partial charge in [-0.15, -0.1) is 11.8 Å². The first kappa shape index (κ1) is 25.1. The van der Waals surface area contributed by atoms with Gasteiger partial charge in [0.25, 0.3) is 0 Å². The van der Waals surface area contributed by atoms with Gasteiger partial charge in [-0.1, -0.05) is 12.1 Å². The molecule has 0 bridgehead atoms. The number of ketones is 1. The number of nitrogens with zero attached hydrogens (tertiary/aromatic N) is 4. The maximum atomic E-state index is 13.2. The normalized spacial score (nSPS) is 11.6. The number of rotatable bonds is 7. The van der Waals surface area contributed by atoms with Gasteiger partial charge < -0.3 is 4.74 Å². The SMILES string of the molecule is COc1ccc(/C=C/C(=O)c2cn(C)nc2C)cc1CSc1nc(C(F)(F)F)cc(C)c1C#N. The van der Waals surface area contributed by atoms with Crippen LogP contribution in [0.5, 0.6) is 5.75 Å². The van der Waals surface area contributed by atoms with E-state index in [-0.39, 0.29) is 27.7 Å². The van der Waals surface area contributed by atoms with Crippen LogP contribution >= 0.6 is 11.8 Å².